The third kappa shape index (κ3) is 2.19. The summed E-state index contributed by atoms with van der Waals surface area (Å²) in [6.07, 6.45) is 1.91. The second kappa shape index (κ2) is 5.07. The summed E-state index contributed by atoms with van der Waals surface area (Å²) >= 11 is 0. The second-order valence-corrected chi connectivity index (χ2v) is 5.31. The number of para-hydroxylation sites is 1. The van der Waals surface area contributed by atoms with Crippen LogP contribution < -0.4 is 5.32 Å². The lowest BCUT2D eigenvalue weighted by molar-refractivity contribution is -0.123. The van der Waals surface area contributed by atoms with E-state index >= 15 is 0 Å². The Bertz CT molecular complexity index is 620. The molecule has 0 spiro atoms. The molecule has 0 unspecified atom stereocenters. The van der Waals surface area contributed by atoms with Gasteiger partial charge in [-0.3, -0.25) is 4.79 Å². The van der Waals surface area contributed by atoms with Crippen LogP contribution in [0.1, 0.15) is 30.4 Å². The number of anilines is 1. The molecular weight excluding hydrogens is 252 g/mol. The van der Waals surface area contributed by atoms with E-state index in [1.54, 1.807) is 0 Å². The normalized spacial score (nSPS) is 21.3. The average Bonchev–Trinajstić information content (AvgIpc) is 2.71. The minimum absolute atomic E-state index is 0.00231. The molecule has 1 aliphatic carbocycles. The molecule has 1 saturated carbocycles. The third-order valence-electron chi connectivity index (χ3n) is 4.11. The number of aryl methyl sites for hydroxylation is 1. The molecule has 2 atom stereocenters. The molecule has 20 heavy (non-hydrogen) atoms. The van der Waals surface area contributed by atoms with Crippen molar-refractivity contribution in [3.8, 4) is 0 Å². The van der Waals surface area contributed by atoms with Gasteiger partial charge in [0.05, 0.1) is 0 Å². The fraction of sp³-hybridized carbons (Fsp3) is 0.400. The first-order chi connectivity index (χ1) is 9.66. The maximum Gasteiger partial charge on any atom is 0.228 e. The molecule has 2 aromatic rings. The van der Waals surface area contributed by atoms with Crippen LogP contribution in [0.25, 0.3) is 0 Å². The van der Waals surface area contributed by atoms with E-state index in [4.69, 9.17) is 0 Å². The second-order valence-electron chi connectivity index (χ2n) is 5.31. The zero-order valence-electron chi connectivity index (χ0n) is 11.7. The molecule has 1 amide bonds. The van der Waals surface area contributed by atoms with Crippen molar-refractivity contribution >= 4 is 11.6 Å². The van der Waals surface area contributed by atoms with Crippen LogP contribution in [-0.2, 0) is 11.8 Å². The Balaban J connectivity index is 1.72. The van der Waals surface area contributed by atoms with Crippen LogP contribution in [-0.4, -0.2) is 20.7 Å². The minimum atomic E-state index is -0.00231. The van der Waals surface area contributed by atoms with Crippen molar-refractivity contribution in [2.24, 2.45) is 13.0 Å². The molecule has 1 aromatic carbocycles. The first kappa shape index (κ1) is 12.8. The summed E-state index contributed by atoms with van der Waals surface area (Å²) in [6, 6.07) is 9.57. The van der Waals surface area contributed by atoms with Gasteiger partial charge in [0.2, 0.25) is 5.91 Å². The molecule has 3 rings (SSSR count). The molecule has 0 aliphatic heterocycles. The van der Waals surface area contributed by atoms with Gasteiger partial charge in [0, 0.05) is 24.6 Å². The average molecular weight is 270 g/mol. The number of hydrogen-bond donors (Lipinski definition) is 1. The van der Waals surface area contributed by atoms with Crippen molar-refractivity contribution in [2.75, 3.05) is 5.32 Å². The number of rotatable bonds is 3. The van der Waals surface area contributed by atoms with Gasteiger partial charge in [0.15, 0.2) is 0 Å². The van der Waals surface area contributed by atoms with Crippen LogP contribution in [0.15, 0.2) is 30.3 Å². The molecular formula is C15H18N4O. The summed E-state index contributed by atoms with van der Waals surface area (Å²) in [6.45, 7) is 1.92. The topological polar surface area (TPSA) is 59.8 Å². The third-order valence-corrected chi connectivity index (χ3v) is 4.11. The first-order valence-electron chi connectivity index (χ1n) is 6.88. The fourth-order valence-electron chi connectivity index (χ4n) is 2.63. The molecule has 104 valence electrons. The van der Waals surface area contributed by atoms with Crippen LogP contribution >= 0.6 is 0 Å². The van der Waals surface area contributed by atoms with Gasteiger partial charge in [0.1, 0.15) is 11.6 Å². The first-order valence-corrected chi connectivity index (χ1v) is 6.88. The van der Waals surface area contributed by atoms with Gasteiger partial charge in [-0.05, 0) is 31.9 Å². The Labute approximate surface area is 118 Å². The van der Waals surface area contributed by atoms with Gasteiger partial charge in [0.25, 0.3) is 0 Å². The van der Waals surface area contributed by atoms with E-state index in [2.05, 4.69) is 15.5 Å². The molecule has 1 aliphatic rings. The number of hydrogen-bond acceptors (Lipinski definition) is 3. The van der Waals surface area contributed by atoms with Crippen LogP contribution in [0.5, 0.6) is 0 Å². The SMILES string of the molecule is Cc1nnc([C@H]2CC[C@@H]2C(=O)Nc2ccccc2)n1C. The lowest BCUT2D eigenvalue weighted by atomic mass is 9.72. The quantitative estimate of drug-likeness (QED) is 0.930. The van der Waals surface area contributed by atoms with Crippen molar-refractivity contribution in [3.63, 3.8) is 0 Å². The van der Waals surface area contributed by atoms with Crippen LogP contribution in [0, 0.1) is 12.8 Å². The maximum atomic E-state index is 12.3. The van der Waals surface area contributed by atoms with E-state index in [0.717, 1.165) is 30.2 Å². The van der Waals surface area contributed by atoms with Crippen LogP contribution in [0.4, 0.5) is 5.69 Å². The number of nitrogens with one attached hydrogen (secondary N) is 1. The van der Waals surface area contributed by atoms with Gasteiger partial charge < -0.3 is 9.88 Å². The number of carbonyl (C=O) groups is 1. The van der Waals surface area contributed by atoms with E-state index in [-0.39, 0.29) is 17.7 Å². The Morgan fingerprint density at radius 1 is 1.25 bits per heavy atom. The monoisotopic (exact) mass is 270 g/mol. The van der Waals surface area contributed by atoms with E-state index in [1.165, 1.54) is 0 Å². The molecule has 1 fully saturated rings. The fourth-order valence-corrected chi connectivity index (χ4v) is 2.63. The predicted octanol–water partition coefficient (Wildman–Crippen LogP) is 2.26. The van der Waals surface area contributed by atoms with E-state index in [0.29, 0.717) is 0 Å². The molecule has 5 nitrogen and oxygen atoms in total. The largest absolute Gasteiger partial charge is 0.326 e. The Hall–Kier alpha value is -2.17. The zero-order chi connectivity index (χ0) is 14.1. The van der Waals surface area contributed by atoms with Gasteiger partial charge in [-0.15, -0.1) is 10.2 Å². The molecule has 5 heteroatoms. The molecule has 0 bridgehead atoms. The van der Waals surface area contributed by atoms with Crippen LogP contribution in [0.3, 0.4) is 0 Å². The number of aromatic nitrogens is 3. The summed E-state index contributed by atoms with van der Waals surface area (Å²) < 4.78 is 1.98. The van der Waals surface area contributed by atoms with E-state index in [1.807, 2.05) is 48.9 Å². The number of carbonyl (C=O) groups excluding carboxylic acids is 1. The van der Waals surface area contributed by atoms with E-state index in [9.17, 15) is 4.79 Å². The summed E-state index contributed by atoms with van der Waals surface area (Å²) in [7, 11) is 1.95. The van der Waals surface area contributed by atoms with Crippen molar-refractivity contribution < 1.29 is 4.79 Å². The summed E-state index contributed by atoms with van der Waals surface area (Å²) in [5, 5.41) is 11.3. The molecule has 1 N–H and O–H groups in total. The van der Waals surface area contributed by atoms with Crippen molar-refractivity contribution in [3.05, 3.63) is 42.0 Å². The molecule has 0 radical (unpaired) electrons. The van der Waals surface area contributed by atoms with Gasteiger partial charge in [-0.1, -0.05) is 18.2 Å². The predicted molar refractivity (Wildman–Crippen MR) is 76.3 cm³/mol. The lowest BCUT2D eigenvalue weighted by Gasteiger charge is -2.34. The van der Waals surface area contributed by atoms with E-state index < -0.39 is 0 Å². The molecule has 1 aromatic heterocycles. The highest BCUT2D eigenvalue weighted by Crippen LogP contribution is 2.42. The van der Waals surface area contributed by atoms with Crippen molar-refractivity contribution in [2.45, 2.75) is 25.7 Å². The summed E-state index contributed by atoms with van der Waals surface area (Å²) in [5.41, 5.74) is 0.845. The minimum Gasteiger partial charge on any atom is -0.326 e. The highest BCUT2D eigenvalue weighted by atomic mass is 16.1. The Morgan fingerprint density at radius 3 is 2.55 bits per heavy atom. The lowest BCUT2D eigenvalue weighted by Crippen LogP contribution is -2.36. The number of benzene rings is 1. The molecule has 0 saturated heterocycles. The maximum absolute atomic E-state index is 12.3. The van der Waals surface area contributed by atoms with Gasteiger partial charge in [-0.25, -0.2) is 0 Å². The summed E-state index contributed by atoms with van der Waals surface area (Å²) in [5.74, 6) is 2.06. The van der Waals surface area contributed by atoms with Crippen molar-refractivity contribution in [1.29, 1.82) is 0 Å². The highest BCUT2D eigenvalue weighted by molar-refractivity contribution is 5.93. The number of amides is 1. The standard InChI is InChI=1S/C15H18N4O/c1-10-17-18-14(19(10)2)12-8-9-13(12)15(20)16-11-6-4-3-5-7-11/h3-7,12-13H,8-9H2,1-2H3,(H,16,20)/t12-,13-/m0/s1. The van der Waals surface area contributed by atoms with Crippen LogP contribution in [0.2, 0.25) is 0 Å². The highest BCUT2D eigenvalue weighted by Gasteiger charge is 2.40. The van der Waals surface area contributed by atoms with Gasteiger partial charge >= 0.3 is 0 Å². The van der Waals surface area contributed by atoms with Crippen molar-refractivity contribution in [1.82, 2.24) is 14.8 Å². The van der Waals surface area contributed by atoms with Gasteiger partial charge in [-0.2, -0.15) is 0 Å². The zero-order valence-corrected chi connectivity index (χ0v) is 11.7. The smallest absolute Gasteiger partial charge is 0.228 e. The Morgan fingerprint density at radius 2 is 2.00 bits per heavy atom. The Kier molecular flexibility index (Phi) is 3.26. The molecule has 1 heterocycles. The number of nitrogens with zero attached hydrogens (tertiary/aromatic N) is 3. The summed E-state index contributed by atoms with van der Waals surface area (Å²) in [4.78, 5) is 12.3.